The van der Waals surface area contributed by atoms with Crippen LogP contribution in [0.4, 0.5) is 5.69 Å². The van der Waals surface area contributed by atoms with Crippen LogP contribution in [0.3, 0.4) is 0 Å². The van der Waals surface area contributed by atoms with Crippen molar-refractivity contribution < 1.29 is 14.3 Å². The van der Waals surface area contributed by atoms with Crippen molar-refractivity contribution in [3.8, 4) is 5.75 Å². The summed E-state index contributed by atoms with van der Waals surface area (Å²) in [6.45, 7) is 1.91. The summed E-state index contributed by atoms with van der Waals surface area (Å²) in [4.78, 5) is 23.9. The predicted octanol–water partition coefficient (Wildman–Crippen LogP) is 4.06. The topological polar surface area (TPSA) is 60.3 Å². The molecule has 0 atom stereocenters. The first-order valence-electron chi connectivity index (χ1n) is 7.71. The van der Waals surface area contributed by atoms with Crippen LogP contribution < -0.4 is 10.1 Å². The molecule has 0 saturated heterocycles. The number of hydrogen-bond donors (Lipinski definition) is 1. The van der Waals surface area contributed by atoms with Crippen molar-refractivity contribution in [2.24, 2.45) is 0 Å². The zero-order valence-electron chi connectivity index (χ0n) is 13.9. The summed E-state index contributed by atoms with van der Waals surface area (Å²) in [7, 11) is 1.53. The van der Waals surface area contributed by atoms with Gasteiger partial charge in [-0.3, -0.25) is 9.59 Å². The first-order chi connectivity index (χ1) is 12.0. The Kier molecular flexibility index (Phi) is 4.76. The molecule has 1 amide bonds. The molecule has 2 aromatic carbocycles. The van der Waals surface area contributed by atoms with E-state index in [1.165, 1.54) is 7.11 Å². The zero-order chi connectivity index (χ0) is 18.0. The highest BCUT2D eigenvalue weighted by Gasteiger charge is 2.16. The summed E-state index contributed by atoms with van der Waals surface area (Å²) in [6, 6.07) is 12.5. The number of carbonyl (C=O) groups excluding carboxylic acids is 2. The van der Waals surface area contributed by atoms with Gasteiger partial charge in [-0.15, -0.1) is 0 Å². The smallest absolute Gasteiger partial charge is 0.244 e. The van der Waals surface area contributed by atoms with E-state index >= 15 is 0 Å². The molecule has 0 aliphatic rings. The Morgan fingerprint density at radius 1 is 1.28 bits per heavy atom. The average Bonchev–Trinajstić information content (AvgIpc) is 2.86. The van der Waals surface area contributed by atoms with Gasteiger partial charge in [-0.2, -0.15) is 0 Å². The molecule has 128 valence electrons. The molecule has 0 spiro atoms. The molecule has 1 N–H and O–H groups in total. The third-order valence-electron chi connectivity index (χ3n) is 4.13. The van der Waals surface area contributed by atoms with Gasteiger partial charge in [0, 0.05) is 27.2 Å². The Morgan fingerprint density at radius 2 is 2.04 bits per heavy atom. The maximum absolute atomic E-state index is 12.5. The number of benzene rings is 2. The number of fused-ring (bicyclic) bond motifs is 1. The second-order valence-corrected chi connectivity index (χ2v) is 6.05. The SMILES string of the molecule is COc1ccc(Cl)cc1NC(=O)Cn1c(C)c(C=O)c2ccccc21. The van der Waals surface area contributed by atoms with E-state index in [-0.39, 0.29) is 12.5 Å². The van der Waals surface area contributed by atoms with E-state index in [9.17, 15) is 9.59 Å². The molecule has 3 rings (SSSR count). The number of ether oxygens (including phenoxy) is 1. The van der Waals surface area contributed by atoms with E-state index in [0.717, 1.165) is 22.9 Å². The first-order valence-corrected chi connectivity index (χ1v) is 8.09. The third-order valence-corrected chi connectivity index (χ3v) is 4.37. The lowest BCUT2D eigenvalue weighted by Gasteiger charge is -2.12. The Hall–Kier alpha value is -2.79. The monoisotopic (exact) mass is 356 g/mol. The van der Waals surface area contributed by atoms with Gasteiger partial charge >= 0.3 is 0 Å². The van der Waals surface area contributed by atoms with Gasteiger partial charge in [0.05, 0.1) is 12.8 Å². The van der Waals surface area contributed by atoms with Gasteiger partial charge in [-0.05, 0) is 31.2 Å². The van der Waals surface area contributed by atoms with Gasteiger partial charge in [0.1, 0.15) is 12.3 Å². The van der Waals surface area contributed by atoms with E-state index in [1.54, 1.807) is 18.2 Å². The number of anilines is 1. The van der Waals surface area contributed by atoms with Gasteiger partial charge < -0.3 is 14.6 Å². The zero-order valence-corrected chi connectivity index (χ0v) is 14.6. The third kappa shape index (κ3) is 3.23. The van der Waals surface area contributed by atoms with Crippen molar-refractivity contribution in [1.82, 2.24) is 4.57 Å². The second kappa shape index (κ2) is 6.99. The minimum Gasteiger partial charge on any atom is -0.495 e. The normalized spacial score (nSPS) is 10.7. The summed E-state index contributed by atoms with van der Waals surface area (Å²) >= 11 is 5.99. The molecular formula is C19H17ClN2O3. The Labute approximate surface area is 150 Å². The summed E-state index contributed by atoms with van der Waals surface area (Å²) in [5.74, 6) is 0.294. The number of amides is 1. The van der Waals surface area contributed by atoms with E-state index in [0.29, 0.717) is 22.0 Å². The van der Waals surface area contributed by atoms with E-state index < -0.39 is 0 Å². The van der Waals surface area contributed by atoms with Gasteiger partial charge in [0.15, 0.2) is 6.29 Å². The lowest BCUT2D eigenvalue weighted by Crippen LogP contribution is -2.19. The number of nitrogens with zero attached hydrogens (tertiary/aromatic N) is 1. The molecule has 0 fully saturated rings. The van der Waals surface area contributed by atoms with Crippen molar-refractivity contribution in [3.63, 3.8) is 0 Å². The largest absolute Gasteiger partial charge is 0.495 e. The fourth-order valence-electron chi connectivity index (χ4n) is 2.92. The number of rotatable bonds is 5. The Balaban J connectivity index is 1.92. The molecule has 0 aliphatic heterocycles. The van der Waals surface area contributed by atoms with Crippen LogP contribution >= 0.6 is 11.6 Å². The maximum atomic E-state index is 12.5. The lowest BCUT2D eigenvalue weighted by atomic mass is 10.1. The number of carbonyl (C=O) groups is 2. The van der Waals surface area contributed by atoms with Crippen LogP contribution in [0.5, 0.6) is 5.75 Å². The lowest BCUT2D eigenvalue weighted by molar-refractivity contribution is -0.116. The Bertz CT molecular complexity index is 963. The number of methoxy groups -OCH3 is 1. The number of nitrogens with one attached hydrogen (secondary N) is 1. The minimum atomic E-state index is -0.234. The molecule has 0 aliphatic carbocycles. The summed E-state index contributed by atoms with van der Waals surface area (Å²) in [6.07, 6.45) is 0.825. The van der Waals surface area contributed by atoms with E-state index in [2.05, 4.69) is 5.32 Å². The van der Waals surface area contributed by atoms with E-state index in [1.807, 2.05) is 35.8 Å². The quantitative estimate of drug-likeness (QED) is 0.701. The molecule has 0 radical (unpaired) electrons. The molecule has 3 aromatic rings. The van der Waals surface area contributed by atoms with Crippen molar-refractivity contribution in [2.75, 3.05) is 12.4 Å². The van der Waals surface area contributed by atoms with Crippen LogP contribution in [0.1, 0.15) is 16.1 Å². The summed E-state index contributed by atoms with van der Waals surface area (Å²) in [5, 5.41) is 4.15. The molecule has 5 nitrogen and oxygen atoms in total. The number of halogens is 1. The Morgan fingerprint density at radius 3 is 2.76 bits per heavy atom. The standard InChI is InChI=1S/C19H17ClN2O3/c1-12-15(11-23)14-5-3-4-6-17(14)22(12)10-19(24)21-16-9-13(20)7-8-18(16)25-2/h3-9,11H,10H2,1-2H3,(H,21,24). The van der Waals surface area contributed by atoms with Gasteiger partial charge in [0.2, 0.25) is 5.91 Å². The van der Waals surface area contributed by atoms with Crippen LogP contribution in [-0.4, -0.2) is 23.9 Å². The van der Waals surface area contributed by atoms with Crippen LogP contribution in [0.2, 0.25) is 5.02 Å². The molecule has 0 bridgehead atoms. The van der Waals surface area contributed by atoms with Crippen molar-refractivity contribution in [2.45, 2.75) is 13.5 Å². The highest BCUT2D eigenvalue weighted by Crippen LogP contribution is 2.28. The first kappa shape index (κ1) is 17.0. The minimum absolute atomic E-state index is 0.0792. The van der Waals surface area contributed by atoms with Crippen molar-refractivity contribution in [3.05, 3.63) is 58.7 Å². The number of para-hydroxylation sites is 1. The summed E-state index contributed by atoms with van der Waals surface area (Å²) < 4.78 is 7.07. The molecule has 1 aromatic heterocycles. The van der Waals surface area contributed by atoms with Crippen LogP contribution in [0, 0.1) is 6.92 Å². The van der Waals surface area contributed by atoms with Crippen molar-refractivity contribution >= 4 is 40.4 Å². The van der Waals surface area contributed by atoms with Gasteiger partial charge in [-0.1, -0.05) is 29.8 Å². The predicted molar refractivity (Wildman–Crippen MR) is 98.7 cm³/mol. The molecule has 25 heavy (non-hydrogen) atoms. The van der Waals surface area contributed by atoms with Gasteiger partial charge in [0.25, 0.3) is 0 Å². The average molecular weight is 357 g/mol. The summed E-state index contributed by atoms with van der Waals surface area (Å²) in [5.41, 5.74) is 2.70. The van der Waals surface area contributed by atoms with Crippen molar-refractivity contribution in [1.29, 1.82) is 0 Å². The number of aldehydes is 1. The molecule has 6 heteroatoms. The number of aromatic nitrogens is 1. The van der Waals surface area contributed by atoms with Gasteiger partial charge in [-0.25, -0.2) is 0 Å². The highest BCUT2D eigenvalue weighted by atomic mass is 35.5. The van der Waals surface area contributed by atoms with Crippen LogP contribution in [-0.2, 0) is 11.3 Å². The fourth-order valence-corrected chi connectivity index (χ4v) is 3.09. The van der Waals surface area contributed by atoms with E-state index in [4.69, 9.17) is 16.3 Å². The fraction of sp³-hybridized carbons (Fsp3) is 0.158. The maximum Gasteiger partial charge on any atom is 0.244 e. The molecular weight excluding hydrogens is 340 g/mol. The highest BCUT2D eigenvalue weighted by molar-refractivity contribution is 6.31. The molecule has 0 unspecified atom stereocenters. The van der Waals surface area contributed by atoms with Crippen LogP contribution in [0.25, 0.3) is 10.9 Å². The number of hydrogen-bond acceptors (Lipinski definition) is 3. The van der Waals surface area contributed by atoms with Crippen LogP contribution in [0.15, 0.2) is 42.5 Å². The second-order valence-electron chi connectivity index (χ2n) is 5.61. The molecule has 0 saturated carbocycles. The molecule has 1 heterocycles.